The third kappa shape index (κ3) is 4.75. The summed E-state index contributed by atoms with van der Waals surface area (Å²) >= 11 is 0. The average Bonchev–Trinajstić information content (AvgIpc) is 3.70. The summed E-state index contributed by atoms with van der Waals surface area (Å²) in [5.74, 6) is 3.32. The summed E-state index contributed by atoms with van der Waals surface area (Å²) in [5.41, 5.74) is 3.10. The van der Waals surface area contributed by atoms with Gasteiger partial charge in [0.05, 0.1) is 31.0 Å². The molecule has 2 aromatic carbocycles. The maximum Gasteiger partial charge on any atom is 0.251 e. The van der Waals surface area contributed by atoms with Crippen LogP contribution in [-0.2, 0) is 0 Å². The fourth-order valence-electron chi connectivity index (χ4n) is 3.96. The lowest BCUT2D eigenvalue weighted by Gasteiger charge is -2.11. The number of aromatic nitrogens is 4. The largest absolute Gasteiger partial charge is 0.497 e. The number of nitrogens with one attached hydrogen (secondary N) is 2. The second kappa shape index (κ2) is 9.61. The minimum Gasteiger partial charge on any atom is -0.497 e. The highest BCUT2D eigenvalue weighted by molar-refractivity contribution is 5.94. The van der Waals surface area contributed by atoms with Gasteiger partial charge in [-0.25, -0.2) is 14.6 Å². The Labute approximate surface area is 203 Å². The molecule has 1 aliphatic carbocycles. The molecule has 1 amide bonds. The van der Waals surface area contributed by atoms with Gasteiger partial charge >= 0.3 is 0 Å². The number of fused-ring (bicyclic) bond motifs is 1. The van der Waals surface area contributed by atoms with Gasteiger partial charge in [-0.15, -0.1) is 0 Å². The molecule has 0 aliphatic heterocycles. The van der Waals surface area contributed by atoms with Crippen molar-refractivity contribution in [2.75, 3.05) is 32.6 Å². The minimum absolute atomic E-state index is 0.135. The lowest BCUT2D eigenvalue weighted by Crippen LogP contribution is -2.29. The van der Waals surface area contributed by atoms with Crippen LogP contribution in [0.25, 0.3) is 16.7 Å². The molecule has 0 radical (unpaired) electrons. The predicted molar refractivity (Wildman–Crippen MR) is 134 cm³/mol. The van der Waals surface area contributed by atoms with E-state index in [0.717, 1.165) is 52.6 Å². The Kier molecular flexibility index (Phi) is 6.22. The molecule has 9 heteroatoms. The number of carbonyl (C=O) groups excluding carboxylic acids is 1. The van der Waals surface area contributed by atoms with Crippen molar-refractivity contribution in [3.8, 4) is 17.2 Å². The van der Waals surface area contributed by atoms with Gasteiger partial charge in [-0.1, -0.05) is 0 Å². The smallest absolute Gasteiger partial charge is 0.251 e. The van der Waals surface area contributed by atoms with Crippen molar-refractivity contribution >= 4 is 22.8 Å². The van der Waals surface area contributed by atoms with Gasteiger partial charge in [0.15, 0.2) is 5.65 Å². The van der Waals surface area contributed by atoms with E-state index in [9.17, 15) is 4.79 Å². The Hall–Kier alpha value is -4.14. The number of nitrogens with zero attached hydrogens (tertiary/aromatic N) is 4. The number of rotatable bonds is 9. The lowest BCUT2D eigenvalue weighted by molar-refractivity contribution is 0.0955. The molecule has 2 heterocycles. The van der Waals surface area contributed by atoms with E-state index in [1.165, 1.54) is 0 Å². The second-order valence-corrected chi connectivity index (χ2v) is 8.51. The number of benzene rings is 2. The molecule has 2 aromatic heterocycles. The number of hydrogen-bond acceptors (Lipinski definition) is 7. The van der Waals surface area contributed by atoms with Crippen LogP contribution in [0.5, 0.6) is 11.5 Å². The topological polar surface area (TPSA) is 103 Å². The van der Waals surface area contributed by atoms with Crippen molar-refractivity contribution in [1.82, 2.24) is 25.1 Å². The Bertz CT molecular complexity index is 1340. The summed E-state index contributed by atoms with van der Waals surface area (Å²) in [6.45, 7) is 2.92. The summed E-state index contributed by atoms with van der Waals surface area (Å²) in [6.07, 6.45) is 2.19. The standard InChI is InChI=1S/C26H28N6O3/c1-16-22-24(27-14-15-28-26(33)18-6-10-20(34-2)11-7-18)29-23(17-4-5-17)30-25(22)32(31-16)19-8-12-21(35-3)13-9-19/h6-13,17H,4-5,14-15H2,1-3H3,(H,28,33)(H,27,29,30). The number of amides is 1. The Balaban J connectivity index is 1.35. The number of aryl methyl sites for hydroxylation is 1. The molecular formula is C26H28N6O3. The molecule has 2 N–H and O–H groups in total. The normalized spacial score (nSPS) is 13.0. The van der Waals surface area contributed by atoms with E-state index in [1.54, 1.807) is 38.5 Å². The van der Waals surface area contributed by atoms with Crippen LogP contribution >= 0.6 is 0 Å². The van der Waals surface area contributed by atoms with Crippen LogP contribution in [0.15, 0.2) is 48.5 Å². The zero-order valence-electron chi connectivity index (χ0n) is 20.0. The van der Waals surface area contributed by atoms with Crippen LogP contribution in [0, 0.1) is 6.92 Å². The van der Waals surface area contributed by atoms with Crippen LogP contribution in [0.4, 0.5) is 5.82 Å². The Morgan fingerprint density at radius 1 is 0.971 bits per heavy atom. The first-order valence-electron chi connectivity index (χ1n) is 11.6. The highest BCUT2D eigenvalue weighted by Crippen LogP contribution is 2.40. The van der Waals surface area contributed by atoms with Crippen molar-refractivity contribution in [2.45, 2.75) is 25.7 Å². The van der Waals surface area contributed by atoms with Crippen molar-refractivity contribution in [2.24, 2.45) is 0 Å². The maximum absolute atomic E-state index is 12.5. The van der Waals surface area contributed by atoms with Crippen molar-refractivity contribution in [1.29, 1.82) is 0 Å². The second-order valence-electron chi connectivity index (χ2n) is 8.51. The number of carbonyl (C=O) groups is 1. The molecule has 0 saturated heterocycles. The lowest BCUT2D eigenvalue weighted by atomic mass is 10.2. The summed E-state index contributed by atoms with van der Waals surface area (Å²) in [7, 11) is 3.25. The van der Waals surface area contributed by atoms with E-state index in [-0.39, 0.29) is 5.91 Å². The first-order valence-corrected chi connectivity index (χ1v) is 11.6. The van der Waals surface area contributed by atoms with Crippen molar-refractivity contribution in [3.63, 3.8) is 0 Å². The number of anilines is 1. The molecule has 0 atom stereocenters. The molecule has 0 bridgehead atoms. The van der Waals surface area contributed by atoms with Crippen LogP contribution in [0.2, 0.25) is 0 Å². The van der Waals surface area contributed by atoms with Gasteiger partial charge < -0.3 is 20.1 Å². The highest BCUT2D eigenvalue weighted by atomic mass is 16.5. The Morgan fingerprint density at radius 2 is 1.63 bits per heavy atom. The molecule has 1 fully saturated rings. The fraction of sp³-hybridized carbons (Fsp3) is 0.308. The Morgan fingerprint density at radius 3 is 2.26 bits per heavy atom. The van der Waals surface area contributed by atoms with Crippen LogP contribution in [0.3, 0.4) is 0 Å². The summed E-state index contributed by atoms with van der Waals surface area (Å²) in [4.78, 5) is 22.2. The number of methoxy groups -OCH3 is 2. The van der Waals surface area contributed by atoms with E-state index in [4.69, 9.17) is 24.5 Å². The predicted octanol–water partition coefficient (Wildman–Crippen LogP) is 3.86. The summed E-state index contributed by atoms with van der Waals surface area (Å²) in [5, 5.41) is 12.0. The molecule has 5 rings (SSSR count). The van der Waals surface area contributed by atoms with Crippen LogP contribution < -0.4 is 20.1 Å². The van der Waals surface area contributed by atoms with Gasteiger partial charge in [0.2, 0.25) is 0 Å². The van der Waals surface area contributed by atoms with E-state index in [1.807, 2.05) is 35.9 Å². The third-order valence-electron chi connectivity index (χ3n) is 6.03. The van der Waals surface area contributed by atoms with E-state index < -0.39 is 0 Å². The molecule has 1 aliphatic rings. The fourth-order valence-corrected chi connectivity index (χ4v) is 3.96. The van der Waals surface area contributed by atoms with E-state index in [0.29, 0.717) is 30.3 Å². The van der Waals surface area contributed by atoms with E-state index >= 15 is 0 Å². The molecule has 180 valence electrons. The van der Waals surface area contributed by atoms with E-state index in [2.05, 4.69) is 10.6 Å². The van der Waals surface area contributed by atoms with Gasteiger partial charge in [-0.05, 0) is 68.3 Å². The van der Waals surface area contributed by atoms with Crippen LogP contribution in [-0.4, -0.2) is 53.0 Å². The molecule has 1 saturated carbocycles. The minimum atomic E-state index is -0.135. The van der Waals surface area contributed by atoms with Crippen molar-refractivity contribution in [3.05, 3.63) is 65.6 Å². The quantitative estimate of drug-likeness (QED) is 0.357. The first kappa shape index (κ1) is 22.6. The summed E-state index contributed by atoms with van der Waals surface area (Å²) < 4.78 is 12.3. The van der Waals surface area contributed by atoms with Crippen LogP contribution in [0.1, 0.15) is 40.6 Å². The number of hydrogen-bond donors (Lipinski definition) is 2. The van der Waals surface area contributed by atoms with Crippen molar-refractivity contribution < 1.29 is 14.3 Å². The molecule has 0 spiro atoms. The van der Waals surface area contributed by atoms with Gasteiger partial charge in [0.1, 0.15) is 23.1 Å². The number of ether oxygens (including phenoxy) is 2. The third-order valence-corrected chi connectivity index (χ3v) is 6.03. The van der Waals surface area contributed by atoms with Gasteiger partial charge in [-0.2, -0.15) is 5.10 Å². The molecule has 4 aromatic rings. The maximum atomic E-state index is 12.5. The monoisotopic (exact) mass is 472 g/mol. The summed E-state index contributed by atoms with van der Waals surface area (Å²) in [6, 6.07) is 14.8. The van der Waals surface area contributed by atoms with Gasteiger partial charge in [0, 0.05) is 24.6 Å². The van der Waals surface area contributed by atoms with Gasteiger partial charge in [0.25, 0.3) is 5.91 Å². The molecule has 35 heavy (non-hydrogen) atoms. The first-order chi connectivity index (χ1) is 17.1. The highest BCUT2D eigenvalue weighted by Gasteiger charge is 2.29. The average molecular weight is 473 g/mol. The zero-order chi connectivity index (χ0) is 24.4. The molecular weight excluding hydrogens is 444 g/mol. The molecule has 9 nitrogen and oxygen atoms in total. The van der Waals surface area contributed by atoms with Gasteiger partial charge in [-0.3, -0.25) is 4.79 Å². The zero-order valence-corrected chi connectivity index (χ0v) is 20.0. The molecule has 0 unspecified atom stereocenters. The SMILES string of the molecule is COc1ccc(C(=O)NCCNc2nc(C3CC3)nc3c2c(C)nn3-c2ccc(OC)cc2)cc1.